The molecule has 12 rings (SSSR count). The fourth-order valence-electron chi connectivity index (χ4n) is 9.21. The van der Waals surface area contributed by atoms with Crippen molar-refractivity contribution in [1.29, 1.82) is 0 Å². The van der Waals surface area contributed by atoms with Gasteiger partial charge < -0.3 is 14.0 Å². The molecule has 2 aromatic heterocycles. The Hall–Kier alpha value is -7.83. The largest absolute Gasteiger partial charge is 0.449 e. The zero-order chi connectivity index (χ0) is 40.0. The van der Waals surface area contributed by atoms with Crippen LogP contribution < -0.4 is 9.47 Å². The molecular formula is C54H36N4O2. The van der Waals surface area contributed by atoms with Crippen LogP contribution in [-0.2, 0) is 5.41 Å². The fraction of sp³-hybridized carbons (Fsp3) is 0.0556. The van der Waals surface area contributed by atoms with Gasteiger partial charge in [0.2, 0.25) is 0 Å². The molecule has 3 heterocycles. The van der Waals surface area contributed by atoms with E-state index in [1.54, 1.807) is 0 Å². The minimum absolute atomic E-state index is 0.158. The molecule has 0 N–H and O–H groups in total. The summed E-state index contributed by atoms with van der Waals surface area (Å²) in [6, 6.07) is 62.9. The van der Waals surface area contributed by atoms with Gasteiger partial charge >= 0.3 is 0 Å². The summed E-state index contributed by atoms with van der Waals surface area (Å²) in [4.78, 5) is 15.2. The van der Waals surface area contributed by atoms with Crippen LogP contribution in [0.5, 0.6) is 23.0 Å². The molecule has 0 amide bonds. The third-order valence-electron chi connectivity index (χ3n) is 12.1. The minimum Gasteiger partial charge on any atom is -0.449 e. The SMILES string of the molecule is CC1(C)c2ccccc2-c2c1ccc1c2Oc2c(cccc2-c2cccc(-c3nc(-c4ccccc4)nc(-c4ccc(-n5c6ccccc6c6ccccc65)cc4)n3)c2)O1. The summed E-state index contributed by atoms with van der Waals surface area (Å²) in [5.74, 6) is 4.61. The van der Waals surface area contributed by atoms with E-state index in [1.165, 1.54) is 38.5 Å². The number of rotatable bonds is 5. The Bertz CT molecular complexity index is 3300. The summed E-state index contributed by atoms with van der Waals surface area (Å²) in [6.07, 6.45) is 0. The zero-order valence-corrected chi connectivity index (χ0v) is 32.9. The minimum atomic E-state index is -0.158. The number of hydrogen-bond acceptors (Lipinski definition) is 5. The van der Waals surface area contributed by atoms with E-state index < -0.39 is 0 Å². The van der Waals surface area contributed by atoms with Crippen molar-refractivity contribution in [2.45, 2.75) is 19.3 Å². The molecule has 284 valence electrons. The van der Waals surface area contributed by atoms with Gasteiger partial charge in [-0.3, -0.25) is 0 Å². The maximum absolute atomic E-state index is 6.97. The molecule has 0 unspecified atom stereocenters. The second-order valence-electron chi connectivity index (χ2n) is 16.0. The van der Waals surface area contributed by atoms with Gasteiger partial charge in [0.05, 0.1) is 11.0 Å². The van der Waals surface area contributed by atoms with Gasteiger partial charge in [-0.1, -0.05) is 141 Å². The third-order valence-corrected chi connectivity index (χ3v) is 12.1. The van der Waals surface area contributed by atoms with Crippen molar-refractivity contribution >= 4 is 21.8 Å². The van der Waals surface area contributed by atoms with Gasteiger partial charge in [-0.25, -0.2) is 15.0 Å². The van der Waals surface area contributed by atoms with Crippen LogP contribution in [0.1, 0.15) is 25.0 Å². The lowest BCUT2D eigenvalue weighted by Crippen LogP contribution is -2.15. The van der Waals surface area contributed by atoms with Crippen LogP contribution in [0.4, 0.5) is 0 Å². The van der Waals surface area contributed by atoms with Crippen molar-refractivity contribution in [2.24, 2.45) is 0 Å². The van der Waals surface area contributed by atoms with Crippen LogP contribution in [0, 0.1) is 0 Å². The van der Waals surface area contributed by atoms with Crippen molar-refractivity contribution in [2.75, 3.05) is 0 Å². The monoisotopic (exact) mass is 772 g/mol. The molecule has 0 fully saturated rings. The maximum Gasteiger partial charge on any atom is 0.178 e. The lowest BCUT2D eigenvalue weighted by Gasteiger charge is -2.26. The molecule has 8 aromatic carbocycles. The van der Waals surface area contributed by atoms with Gasteiger partial charge in [0.25, 0.3) is 0 Å². The van der Waals surface area contributed by atoms with Crippen molar-refractivity contribution in [3.8, 4) is 85.1 Å². The first-order chi connectivity index (χ1) is 29.5. The van der Waals surface area contributed by atoms with Gasteiger partial charge in [0, 0.05) is 49.7 Å². The summed E-state index contributed by atoms with van der Waals surface area (Å²) in [5.41, 5.74) is 12.6. The lowest BCUT2D eigenvalue weighted by molar-refractivity contribution is 0.361. The summed E-state index contributed by atoms with van der Waals surface area (Å²) in [6.45, 7) is 4.55. The molecule has 6 heteroatoms. The lowest BCUT2D eigenvalue weighted by atomic mass is 9.82. The summed E-state index contributed by atoms with van der Waals surface area (Å²) < 4.78 is 15.9. The van der Waals surface area contributed by atoms with Gasteiger partial charge in [-0.05, 0) is 76.9 Å². The highest BCUT2D eigenvalue weighted by Gasteiger charge is 2.40. The van der Waals surface area contributed by atoms with E-state index in [4.69, 9.17) is 24.4 Å². The van der Waals surface area contributed by atoms with Crippen LogP contribution >= 0.6 is 0 Å². The average molecular weight is 773 g/mol. The van der Waals surface area contributed by atoms with Crippen molar-refractivity contribution in [3.05, 3.63) is 193 Å². The Kier molecular flexibility index (Phi) is 7.47. The van der Waals surface area contributed by atoms with Crippen molar-refractivity contribution < 1.29 is 9.47 Å². The Labute approximate surface area is 347 Å². The van der Waals surface area contributed by atoms with Gasteiger partial charge in [-0.15, -0.1) is 0 Å². The molecule has 0 bridgehead atoms. The fourth-order valence-corrected chi connectivity index (χ4v) is 9.21. The Morgan fingerprint density at radius 2 is 0.983 bits per heavy atom. The van der Waals surface area contributed by atoms with E-state index in [0.717, 1.165) is 44.8 Å². The van der Waals surface area contributed by atoms with Crippen LogP contribution in [0.25, 0.3) is 83.9 Å². The Balaban J connectivity index is 0.946. The first kappa shape index (κ1) is 34.2. The number of fused-ring (bicyclic) bond motifs is 9. The molecule has 0 saturated heterocycles. The summed E-state index contributed by atoms with van der Waals surface area (Å²) in [5, 5.41) is 2.46. The van der Waals surface area contributed by atoms with E-state index in [0.29, 0.717) is 34.7 Å². The molecule has 0 radical (unpaired) electrons. The van der Waals surface area contributed by atoms with E-state index in [1.807, 2.05) is 54.6 Å². The van der Waals surface area contributed by atoms with Crippen LogP contribution in [0.2, 0.25) is 0 Å². The molecule has 1 aliphatic heterocycles. The average Bonchev–Trinajstić information content (AvgIpc) is 3.77. The normalized spacial score (nSPS) is 13.2. The molecule has 1 aliphatic carbocycles. The first-order valence-electron chi connectivity index (χ1n) is 20.3. The first-order valence-corrected chi connectivity index (χ1v) is 20.3. The molecule has 2 aliphatic rings. The Morgan fingerprint density at radius 3 is 1.73 bits per heavy atom. The van der Waals surface area contributed by atoms with E-state index in [-0.39, 0.29) is 5.41 Å². The van der Waals surface area contributed by atoms with Crippen molar-refractivity contribution in [3.63, 3.8) is 0 Å². The number of para-hydroxylation sites is 3. The topological polar surface area (TPSA) is 62.1 Å². The maximum atomic E-state index is 6.97. The van der Waals surface area contributed by atoms with Gasteiger partial charge in [0.15, 0.2) is 40.5 Å². The predicted molar refractivity (Wildman–Crippen MR) is 240 cm³/mol. The second-order valence-corrected chi connectivity index (χ2v) is 16.0. The summed E-state index contributed by atoms with van der Waals surface area (Å²) >= 11 is 0. The number of aromatic nitrogens is 4. The van der Waals surface area contributed by atoms with E-state index >= 15 is 0 Å². The molecule has 60 heavy (non-hydrogen) atoms. The van der Waals surface area contributed by atoms with Gasteiger partial charge in [-0.2, -0.15) is 0 Å². The van der Waals surface area contributed by atoms with Crippen LogP contribution in [0.15, 0.2) is 182 Å². The molecule has 0 spiro atoms. The van der Waals surface area contributed by atoms with E-state index in [9.17, 15) is 0 Å². The Morgan fingerprint density at radius 1 is 0.417 bits per heavy atom. The molecular weight excluding hydrogens is 737 g/mol. The highest BCUT2D eigenvalue weighted by Crippen LogP contribution is 2.59. The van der Waals surface area contributed by atoms with Gasteiger partial charge in [0.1, 0.15) is 0 Å². The zero-order valence-electron chi connectivity index (χ0n) is 32.9. The highest BCUT2D eigenvalue weighted by molar-refractivity contribution is 6.09. The predicted octanol–water partition coefficient (Wildman–Crippen LogP) is 13.8. The quantitative estimate of drug-likeness (QED) is 0.174. The third kappa shape index (κ3) is 5.24. The molecule has 6 nitrogen and oxygen atoms in total. The molecule has 0 saturated carbocycles. The molecule has 0 atom stereocenters. The van der Waals surface area contributed by atoms with E-state index in [2.05, 4.69) is 146 Å². The highest BCUT2D eigenvalue weighted by atomic mass is 16.6. The number of nitrogens with zero attached hydrogens (tertiary/aromatic N) is 4. The van der Waals surface area contributed by atoms with Crippen LogP contribution in [0.3, 0.4) is 0 Å². The van der Waals surface area contributed by atoms with Crippen molar-refractivity contribution in [1.82, 2.24) is 19.5 Å². The smallest absolute Gasteiger partial charge is 0.178 e. The number of ether oxygens (including phenoxy) is 2. The second kappa shape index (κ2) is 13.1. The van der Waals surface area contributed by atoms with Crippen LogP contribution in [-0.4, -0.2) is 19.5 Å². The molecule has 10 aromatic rings. The number of benzene rings is 8. The summed E-state index contributed by atoms with van der Waals surface area (Å²) in [7, 11) is 0. The number of hydrogen-bond donors (Lipinski definition) is 0. The standard InChI is InChI=1S/C54H36N4O2/c1-54(2)42-22-9-6-20-41(42)48-43(54)30-31-47-50(48)60-49-38(21-13-25-46(49)59-47)35-16-12-17-36(32-35)53-56-51(33-14-4-3-5-15-33)55-52(57-53)34-26-28-37(29-27-34)58-44-23-10-7-18-39(44)40-19-8-11-24-45(40)58/h3-32H,1-2H3.